The van der Waals surface area contributed by atoms with E-state index in [1.54, 1.807) is 24.3 Å². The zero-order valence-electron chi connectivity index (χ0n) is 10.4. The van der Waals surface area contributed by atoms with Crippen LogP contribution in [0.25, 0.3) is 0 Å². The first-order valence-electron chi connectivity index (χ1n) is 5.82. The number of rotatable bonds is 3. The maximum absolute atomic E-state index is 11.8. The van der Waals surface area contributed by atoms with Crippen molar-refractivity contribution < 1.29 is 14.3 Å². The van der Waals surface area contributed by atoms with Crippen molar-refractivity contribution in [3.63, 3.8) is 0 Å². The number of hydrogen-bond acceptors (Lipinski definition) is 3. The van der Waals surface area contributed by atoms with E-state index in [0.717, 1.165) is 0 Å². The smallest absolute Gasteiger partial charge is 0.251 e. The molecule has 2 rings (SSSR count). The van der Waals surface area contributed by atoms with E-state index in [1.807, 2.05) is 13.8 Å². The summed E-state index contributed by atoms with van der Waals surface area (Å²) in [5.74, 6) is -0.725. The number of nitrogens with one attached hydrogen (secondary N) is 1. The van der Waals surface area contributed by atoms with Gasteiger partial charge in [-0.2, -0.15) is 0 Å². The fraction of sp³-hybridized carbons (Fsp3) is 0.462. The van der Waals surface area contributed by atoms with Crippen LogP contribution in [-0.2, 0) is 9.47 Å². The van der Waals surface area contributed by atoms with Crippen LogP contribution in [0.4, 0.5) is 0 Å². The quantitative estimate of drug-likeness (QED) is 0.915. The lowest BCUT2D eigenvalue weighted by Crippen LogP contribution is -2.34. The lowest BCUT2D eigenvalue weighted by atomic mass is 10.2. The molecular formula is C13H16ClNO3. The Balaban J connectivity index is 1.86. The van der Waals surface area contributed by atoms with Gasteiger partial charge in [0.05, 0.1) is 6.61 Å². The lowest BCUT2D eigenvalue weighted by molar-refractivity contribution is -0.137. The van der Waals surface area contributed by atoms with Gasteiger partial charge in [-0.15, -0.1) is 0 Å². The molecule has 0 spiro atoms. The SMILES string of the molecule is CC1(C)OCC(CNC(=O)c2cccc(Cl)c2)O1. The molecular weight excluding hydrogens is 254 g/mol. The first-order chi connectivity index (χ1) is 8.46. The predicted molar refractivity (Wildman–Crippen MR) is 68.7 cm³/mol. The van der Waals surface area contributed by atoms with Crippen LogP contribution < -0.4 is 5.32 Å². The maximum Gasteiger partial charge on any atom is 0.251 e. The van der Waals surface area contributed by atoms with Crippen LogP contribution in [0.15, 0.2) is 24.3 Å². The molecule has 1 aliphatic heterocycles. The summed E-state index contributed by atoms with van der Waals surface area (Å²) in [6.07, 6.45) is -0.108. The molecule has 98 valence electrons. The van der Waals surface area contributed by atoms with Crippen LogP contribution in [0.5, 0.6) is 0 Å². The first-order valence-corrected chi connectivity index (χ1v) is 6.20. The Bertz CT molecular complexity index is 448. The zero-order chi connectivity index (χ0) is 13.2. The number of amides is 1. The van der Waals surface area contributed by atoms with E-state index in [0.29, 0.717) is 23.7 Å². The van der Waals surface area contributed by atoms with Crippen molar-refractivity contribution in [2.24, 2.45) is 0 Å². The lowest BCUT2D eigenvalue weighted by Gasteiger charge is -2.17. The largest absolute Gasteiger partial charge is 0.349 e. The Morgan fingerprint density at radius 2 is 2.33 bits per heavy atom. The van der Waals surface area contributed by atoms with Gasteiger partial charge in [0.1, 0.15) is 6.10 Å². The fourth-order valence-corrected chi connectivity index (χ4v) is 1.99. The molecule has 5 heteroatoms. The van der Waals surface area contributed by atoms with Crippen molar-refractivity contribution in [3.05, 3.63) is 34.9 Å². The third-order valence-electron chi connectivity index (χ3n) is 2.64. The molecule has 0 saturated carbocycles. The molecule has 0 radical (unpaired) electrons. The molecule has 1 fully saturated rings. The number of halogens is 1. The second-order valence-corrected chi connectivity index (χ2v) is 5.11. The number of hydrogen-bond donors (Lipinski definition) is 1. The van der Waals surface area contributed by atoms with Crippen molar-refractivity contribution in [2.75, 3.05) is 13.2 Å². The number of carbonyl (C=O) groups is 1. The molecule has 0 aromatic heterocycles. The standard InChI is InChI=1S/C13H16ClNO3/c1-13(2)17-8-11(18-13)7-15-12(16)9-4-3-5-10(14)6-9/h3-6,11H,7-8H2,1-2H3,(H,15,16). The first kappa shape index (κ1) is 13.3. The summed E-state index contributed by atoms with van der Waals surface area (Å²) in [4.78, 5) is 11.8. The summed E-state index contributed by atoms with van der Waals surface area (Å²) < 4.78 is 11.0. The average Bonchev–Trinajstić information content (AvgIpc) is 2.66. The predicted octanol–water partition coefficient (Wildman–Crippen LogP) is 2.22. The minimum absolute atomic E-state index is 0.108. The maximum atomic E-state index is 11.8. The highest BCUT2D eigenvalue weighted by Gasteiger charge is 2.32. The third-order valence-corrected chi connectivity index (χ3v) is 2.88. The van der Waals surface area contributed by atoms with E-state index < -0.39 is 5.79 Å². The highest BCUT2D eigenvalue weighted by molar-refractivity contribution is 6.30. The highest BCUT2D eigenvalue weighted by Crippen LogP contribution is 2.21. The topological polar surface area (TPSA) is 47.6 Å². The van der Waals surface area contributed by atoms with Crippen molar-refractivity contribution in [1.82, 2.24) is 5.32 Å². The van der Waals surface area contributed by atoms with E-state index in [4.69, 9.17) is 21.1 Å². The van der Waals surface area contributed by atoms with Crippen LogP contribution in [0.2, 0.25) is 5.02 Å². The highest BCUT2D eigenvalue weighted by atomic mass is 35.5. The Morgan fingerprint density at radius 1 is 1.56 bits per heavy atom. The van der Waals surface area contributed by atoms with E-state index in [1.165, 1.54) is 0 Å². The van der Waals surface area contributed by atoms with Crippen molar-refractivity contribution in [2.45, 2.75) is 25.7 Å². The molecule has 1 aromatic rings. The van der Waals surface area contributed by atoms with Crippen LogP contribution in [0.1, 0.15) is 24.2 Å². The molecule has 1 saturated heterocycles. The summed E-state index contributed by atoms with van der Waals surface area (Å²) >= 11 is 5.83. The van der Waals surface area contributed by atoms with Gasteiger partial charge in [0.15, 0.2) is 5.79 Å². The third kappa shape index (κ3) is 3.45. The normalized spacial score (nSPS) is 21.8. The summed E-state index contributed by atoms with van der Waals surface area (Å²) in [7, 11) is 0. The molecule has 1 heterocycles. The molecule has 4 nitrogen and oxygen atoms in total. The Kier molecular flexibility index (Phi) is 3.90. The van der Waals surface area contributed by atoms with Gasteiger partial charge in [-0.05, 0) is 32.0 Å². The second kappa shape index (κ2) is 5.26. The van der Waals surface area contributed by atoms with Crippen molar-refractivity contribution in [3.8, 4) is 0 Å². The van der Waals surface area contributed by atoms with Crippen molar-refractivity contribution >= 4 is 17.5 Å². The van der Waals surface area contributed by atoms with Gasteiger partial charge < -0.3 is 14.8 Å². The van der Waals surface area contributed by atoms with Crippen LogP contribution >= 0.6 is 11.6 Å². The Labute approximate surface area is 111 Å². The Morgan fingerprint density at radius 3 is 2.94 bits per heavy atom. The van der Waals surface area contributed by atoms with Gasteiger partial charge in [-0.25, -0.2) is 0 Å². The molecule has 1 N–H and O–H groups in total. The van der Waals surface area contributed by atoms with E-state index in [-0.39, 0.29) is 12.0 Å². The molecule has 1 aromatic carbocycles. The summed E-state index contributed by atoms with van der Waals surface area (Å²) in [5, 5.41) is 3.35. The zero-order valence-corrected chi connectivity index (χ0v) is 11.2. The van der Waals surface area contributed by atoms with Gasteiger partial charge in [0, 0.05) is 17.1 Å². The molecule has 0 bridgehead atoms. The van der Waals surface area contributed by atoms with Gasteiger partial charge in [0.25, 0.3) is 5.91 Å². The van der Waals surface area contributed by atoms with E-state index in [2.05, 4.69) is 5.32 Å². The van der Waals surface area contributed by atoms with Crippen LogP contribution in [0, 0.1) is 0 Å². The number of ether oxygens (including phenoxy) is 2. The van der Waals surface area contributed by atoms with Crippen molar-refractivity contribution in [1.29, 1.82) is 0 Å². The summed E-state index contributed by atoms with van der Waals surface area (Å²) in [6.45, 7) is 4.62. The van der Waals surface area contributed by atoms with Gasteiger partial charge in [0.2, 0.25) is 0 Å². The summed E-state index contributed by atoms with van der Waals surface area (Å²) in [6, 6.07) is 6.83. The van der Waals surface area contributed by atoms with Crippen LogP contribution in [-0.4, -0.2) is 30.9 Å². The minimum Gasteiger partial charge on any atom is -0.349 e. The number of carbonyl (C=O) groups excluding carboxylic acids is 1. The van der Waals surface area contributed by atoms with E-state index in [9.17, 15) is 4.79 Å². The molecule has 0 aliphatic carbocycles. The average molecular weight is 270 g/mol. The molecule has 1 aliphatic rings. The molecule has 1 unspecified atom stereocenters. The molecule has 1 amide bonds. The number of benzene rings is 1. The molecule has 18 heavy (non-hydrogen) atoms. The second-order valence-electron chi connectivity index (χ2n) is 4.67. The van der Waals surface area contributed by atoms with Gasteiger partial charge in [-0.1, -0.05) is 17.7 Å². The minimum atomic E-state index is -0.564. The monoisotopic (exact) mass is 269 g/mol. The van der Waals surface area contributed by atoms with Gasteiger partial charge in [-0.3, -0.25) is 4.79 Å². The molecule has 1 atom stereocenters. The van der Waals surface area contributed by atoms with Crippen LogP contribution in [0.3, 0.4) is 0 Å². The summed E-state index contributed by atoms with van der Waals surface area (Å²) in [5.41, 5.74) is 0.542. The Hall–Kier alpha value is -1.10. The fourth-order valence-electron chi connectivity index (χ4n) is 1.80. The van der Waals surface area contributed by atoms with E-state index >= 15 is 0 Å². The van der Waals surface area contributed by atoms with Gasteiger partial charge >= 0.3 is 0 Å².